The van der Waals surface area contributed by atoms with Crippen molar-refractivity contribution in [2.45, 2.75) is 44.2 Å². The molecule has 1 aliphatic carbocycles. The van der Waals surface area contributed by atoms with Gasteiger partial charge >= 0.3 is 6.03 Å². The number of likely N-dealkylation sites (N-methyl/N-ethyl adjacent to an activating group) is 1. The van der Waals surface area contributed by atoms with E-state index in [0.29, 0.717) is 24.3 Å². The Morgan fingerprint density at radius 2 is 1.59 bits per heavy atom. The van der Waals surface area contributed by atoms with Gasteiger partial charge in [0.25, 0.3) is 5.91 Å². The molecule has 0 bridgehead atoms. The lowest BCUT2D eigenvalue weighted by Crippen LogP contribution is -2.49. The van der Waals surface area contributed by atoms with Gasteiger partial charge in [-0.15, -0.1) is 0 Å². The van der Waals surface area contributed by atoms with Crippen LogP contribution in [0.1, 0.15) is 37.7 Å². The Labute approximate surface area is 186 Å². The maximum absolute atomic E-state index is 13.0. The average Bonchev–Trinajstić information content (AvgIpc) is 2.97. The van der Waals surface area contributed by atoms with E-state index < -0.39 is 11.6 Å². The van der Waals surface area contributed by atoms with Gasteiger partial charge in [0.2, 0.25) is 5.91 Å². The van der Waals surface area contributed by atoms with Crippen LogP contribution in [0, 0.1) is 5.82 Å². The second kappa shape index (κ2) is 8.98. The second-order valence-corrected chi connectivity index (χ2v) is 8.30. The summed E-state index contributed by atoms with van der Waals surface area (Å²) in [7, 11) is 1.65. The van der Waals surface area contributed by atoms with E-state index in [0.717, 1.165) is 29.7 Å². The van der Waals surface area contributed by atoms with E-state index in [-0.39, 0.29) is 30.7 Å². The first-order valence-electron chi connectivity index (χ1n) is 10.8. The molecule has 8 heteroatoms. The summed E-state index contributed by atoms with van der Waals surface area (Å²) >= 11 is 0. The molecule has 0 unspecified atom stereocenters. The van der Waals surface area contributed by atoms with Crippen molar-refractivity contribution in [1.29, 1.82) is 0 Å². The van der Waals surface area contributed by atoms with Gasteiger partial charge in [-0.05, 0) is 54.8 Å². The standard InChI is InChI=1S/C24H26FN3O4/c1-27-23(31)28(22(30)24(27)13-3-2-4-14-24)16-21(29)26-15-17-5-9-19(10-6-17)32-20-11-7-18(25)8-12-20/h5-12H,2-4,13-16H2,1H3,(H,26,29). The molecule has 32 heavy (non-hydrogen) atoms. The molecule has 0 atom stereocenters. The van der Waals surface area contributed by atoms with Gasteiger partial charge in [0.1, 0.15) is 29.4 Å². The molecule has 2 aromatic carbocycles. The van der Waals surface area contributed by atoms with E-state index >= 15 is 0 Å². The number of carbonyl (C=O) groups excluding carboxylic acids is 3. The highest BCUT2D eigenvalue weighted by Crippen LogP contribution is 2.39. The minimum absolute atomic E-state index is 0.257. The van der Waals surface area contributed by atoms with Crippen molar-refractivity contribution in [3.05, 3.63) is 59.9 Å². The summed E-state index contributed by atoms with van der Waals surface area (Å²) < 4.78 is 18.6. The molecule has 1 aliphatic heterocycles. The molecule has 0 aromatic heterocycles. The molecule has 2 fully saturated rings. The topological polar surface area (TPSA) is 79.0 Å². The third-order valence-electron chi connectivity index (χ3n) is 6.25. The van der Waals surface area contributed by atoms with Gasteiger partial charge in [-0.25, -0.2) is 9.18 Å². The van der Waals surface area contributed by atoms with E-state index in [1.54, 1.807) is 43.4 Å². The van der Waals surface area contributed by atoms with Crippen LogP contribution in [0.15, 0.2) is 48.5 Å². The summed E-state index contributed by atoms with van der Waals surface area (Å²) in [5.41, 5.74) is 0.0560. The first-order chi connectivity index (χ1) is 15.4. The van der Waals surface area contributed by atoms with E-state index in [9.17, 15) is 18.8 Å². The quantitative estimate of drug-likeness (QED) is 0.694. The highest BCUT2D eigenvalue weighted by atomic mass is 19.1. The largest absolute Gasteiger partial charge is 0.457 e. The molecule has 2 aliphatic rings. The summed E-state index contributed by atoms with van der Waals surface area (Å²) in [5.74, 6) is 0.122. The maximum Gasteiger partial charge on any atom is 0.327 e. The van der Waals surface area contributed by atoms with Crippen molar-refractivity contribution >= 4 is 17.8 Å². The summed E-state index contributed by atoms with van der Waals surface area (Å²) in [6.07, 6.45) is 4.18. The molecule has 4 rings (SSSR count). The molecule has 1 heterocycles. The molecule has 2 aromatic rings. The number of nitrogens with zero attached hydrogens (tertiary/aromatic N) is 2. The van der Waals surface area contributed by atoms with Crippen LogP contribution in [-0.2, 0) is 16.1 Å². The Morgan fingerprint density at radius 3 is 2.22 bits per heavy atom. The number of hydrogen-bond acceptors (Lipinski definition) is 4. The zero-order chi connectivity index (χ0) is 22.7. The van der Waals surface area contributed by atoms with Crippen LogP contribution in [0.3, 0.4) is 0 Å². The van der Waals surface area contributed by atoms with Crippen molar-refractivity contribution in [1.82, 2.24) is 15.1 Å². The Bertz CT molecular complexity index is 1000. The highest BCUT2D eigenvalue weighted by Gasteiger charge is 2.55. The summed E-state index contributed by atoms with van der Waals surface area (Å²) in [6.45, 7) is -0.0254. The lowest BCUT2D eigenvalue weighted by molar-refractivity contribution is -0.137. The Morgan fingerprint density at radius 1 is 1.00 bits per heavy atom. The number of imide groups is 1. The predicted molar refractivity (Wildman–Crippen MR) is 115 cm³/mol. The summed E-state index contributed by atoms with van der Waals surface area (Å²) in [5, 5.41) is 2.76. The summed E-state index contributed by atoms with van der Waals surface area (Å²) in [4.78, 5) is 40.6. The summed E-state index contributed by atoms with van der Waals surface area (Å²) in [6, 6.07) is 12.4. The predicted octanol–water partition coefficient (Wildman–Crippen LogP) is 3.83. The van der Waals surface area contributed by atoms with Crippen molar-refractivity contribution in [2.75, 3.05) is 13.6 Å². The molecule has 168 valence electrons. The van der Waals surface area contributed by atoms with Crippen molar-refractivity contribution in [3.8, 4) is 11.5 Å². The van der Waals surface area contributed by atoms with Crippen LogP contribution in [0.25, 0.3) is 0 Å². The van der Waals surface area contributed by atoms with E-state index in [4.69, 9.17) is 4.74 Å². The number of halogens is 1. The fourth-order valence-corrected chi connectivity index (χ4v) is 4.39. The maximum atomic E-state index is 13.0. The fourth-order valence-electron chi connectivity index (χ4n) is 4.39. The number of ether oxygens (including phenoxy) is 1. The number of nitrogens with one attached hydrogen (secondary N) is 1. The van der Waals surface area contributed by atoms with Gasteiger partial charge in [-0.2, -0.15) is 0 Å². The smallest absolute Gasteiger partial charge is 0.327 e. The van der Waals surface area contributed by atoms with Crippen LogP contribution in [0.4, 0.5) is 9.18 Å². The second-order valence-electron chi connectivity index (χ2n) is 8.30. The number of urea groups is 1. The van der Waals surface area contributed by atoms with Gasteiger partial charge in [0, 0.05) is 13.6 Å². The van der Waals surface area contributed by atoms with Crippen molar-refractivity contribution < 1.29 is 23.5 Å². The number of rotatable bonds is 6. The van der Waals surface area contributed by atoms with Gasteiger partial charge in [-0.1, -0.05) is 31.4 Å². The first kappa shape index (κ1) is 21.8. The molecular weight excluding hydrogens is 413 g/mol. The van der Waals surface area contributed by atoms with E-state index in [1.807, 2.05) is 0 Å². The van der Waals surface area contributed by atoms with Crippen LogP contribution in [0.5, 0.6) is 11.5 Å². The number of benzene rings is 2. The van der Waals surface area contributed by atoms with Crippen molar-refractivity contribution in [3.63, 3.8) is 0 Å². The number of carbonyl (C=O) groups is 3. The highest BCUT2D eigenvalue weighted by molar-refractivity contribution is 6.08. The normalized spacial score (nSPS) is 17.7. The van der Waals surface area contributed by atoms with Gasteiger partial charge in [-0.3, -0.25) is 14.5 Å². The molecule has 1 saturated carbocycles. The minimum atomic E-state index is -0.782. The molecule has 7 nitrogen and oxygen atoms in total. The molecule has 4 amide bonds. The third-order valence-corrected chi connectivity index (χ3v) is 6.25. The molecule has 0 radical (unpaired) electrons. The SMILES string of the molecule is CN1C(=O)N(CC(=O)NCc2ccc(Oc3ccc(F)cc3)cc2)C(=O)C12CCCCC2. The monoisotopic (exact) mass is 439 g/mol. The lowest BCUT2D eigenvalue weighted by Gasteiger charge is -2.35. The minimum Gasteiger partial charge on any atom is -0.457 e. The van der Waals surface area contributed by atoms with Crippen LogP contribution < -0.4 is 10.1 Å². The zero-order valence-corrected chi connectivity index (χ0v) is 18.0. The van der Waals surface area contributed by atoms with Crippen molar-refractivity contribution in [2.24, 2.45) is 0 Å². The van der Waals surface area contributed by atoms with Gasteiger partial charge in [0.05, 0.1) is 0 Å². The van der Waals surface area contributed by atoms with Gasteiger partial charge in [0.15, 0.2) is 0 Å². The van der Waals surface area contributed by atoms with E-state index in [2.05, 4.69) is 5.32 Å². The van der Waals surface area contributed by atoms with Crippen LogP contribution in [-0.4, -0.2) is 46.8 Å². The fraction of sp³-hybridized carbons (Fsp3) is 0.375. The molecule has 1 spiro atoms. The Hall–Kier alpha value is -3.42. The van der Waals surface area contributed by atoms with Crippen LogP contribution in [0.2, 0.25) is 0 Å². The Kier molecular flexibility index (Phi) is 6.12. The van der Waals surface area contributed by atoms with Crippen LogP contribution >= 0.6 is 0 Å². The molecule has 1 saturated heterocycles. The Balaban J connectivity index is 1.30. The number of hydrogen-bond donors (Lipinski definition) is 1. The van der Waals surface area contributed by atoms with Gasteiger partial charge < -0.3 is 15.0 Å². The molecular formula is C24H26FN3O4. The average molecular weight is 439 g/mol. The third kappa shape index (κ3) is 4.30. The number of amides is 4. The first-order valence-corrected chi connectivity index (χ1v) is 10.8. The van der Waals surface area contributed by atoms with E-state index in [1.165, 1.54) is 17.0 Å². The zero-order valence-electron chi connectivity index (χ0n) is 18.0. The molecule has 1 N–H and O–H groups in total. The lowest BCUT2D eigenvalue weighted by atomic mass is 9.81.